The zero-order valence-corrected chi connectivity index (χ0v) is 7.11. The fourth-order valence-corrected chi connectivity index (χ4v) is 1.01. The topological polar surface area (TPSA) is 0 Å². The van der Waals surface area contributed by atoms with Gasteiger partial charge >= 0.3 is 0 Å². The number of hydrogen-bond donors (Lipinski definition) is 0. The monoisotopic (exact) mass is 137 g/mol. The maximum absolute atomic E-state index is 5.17. The van der Waals surface area contributed by atoms with Gasteiger partial charge in [0.15, 0.2) is 0 Å². The van der Waals surface area contributed by atoms with E-state index in [0.29, 0.717) is 5.41 Å². The number of hydrogen-bond acceptors (Lipinski definition) is 0. The molecule has 0 N–H and O–H groups in total. The molecule has 10 heavy (non-hydrogen) atoms. The fourth-order valence-electron chi connectivity index (χ4n) is 1.01. The van der Waals surface area contributed by atoms with Gasteiger partial charge in [0.2, 0.25) is 0 Å². The summed E-state index contributed by atoms with van der Waals surface area (Å²) in [6.07, 6.45) is 9.37. The van der Waals surface area contributed by atoms with Crippen molar-refractivity contribution < 1.29 is 0 Å². The smallest absolute Gasteiger partial charge is 0.00911 e. The third-order valence-electron chi connectivity index (χ3n) is 1.80. The summed E-state index contributed by atoms with van der Waals surface area (Å²) in [7, 11) is 0. The summed E-state index contributed by atoms with van der Waals surface area (Å²) in [4.78, 5) is 0. The molecule has 0 saturated heterocycles. The minimum absolute atomic E-state index is 0.397. The average Bonchev–Trinajstić information content (AvgIpc) is 1.84. The van der Waals surface area contributed by atoms with Crippen molar-refractivity contribution in [3.05, 3.63) is 6.92 Å². The van der Waals surface area contributed by atoms with Gasteiger partial charge < -0.3 is 0 Å². The van der Waals surface area contributed by atoms with E-state index in [0.717, 1.165) is 19.3 Å². The van der Waals surface area contributed by atoms with E-state index in [-0.39, 0.29) is 0 Å². The van der Waals surface area contributed by atoms with Gasteiger partial charge in [0.1, 0.15) is 0 Å². The zero-order valence-electron chi connectivity index (χ0n) is 7.11. The quantitative estimate of drug-likeness (QED) is 0.522. The summed E-state index contributed by atoms with van der Waals surface area (Å²) in [5.74, 6) is 2.66. The van der Waals surface area contributed by atoms with Crippen LogP contribution in [0.2, 0.25) is 0 Å². The van der Waals surface area contributed by atoms with E-state index in [1.54, 1.807) is 0 Å². The molecule has 0 amide bonds. The molecule has 0 unspecified atom stereocenters. The van der Waals surface area contributed by atoms with E-state index in [1.807, 2.05) is 0 Å². The Balaban J connectivity index is 3.54. The Labute approximate surface area is 65.0 Å². The van der Waals surface area contributed by atoms with E-state index in [1.165, 1.54) is 6.42 Å². The normalized spacial score (nSPS) is 11.0. The largest absolute Gasteiger partial charge is 0.120 e. The van der Waals surface area contributed by atoms with Crippen molar-refractivity contribution in [1.29, 1.82) is 0 Å². The summed E-state index contributed by atoms with van der Waals surface area (Å²) in [6.45, 7) is 8.32. The van der Waals surface area contributed by atoms with Crippen molar-refractivity contribution >= 4 is 0 Å². The summed E-state index contributed by atoms with van der Waals surface area (Å²) in [5, 5.41) is 0. The first-order valence-electron chi connectivity index (χ1n) is 3.85. The molecular formula is C10H17. The number of rotatable bonds is 4. The Hall–Kier alpha value is -0.440. The minimum Gasteiger partial charge on any atom is -0.120 e. The van der Waals surface area contributed by atoms with Crippen LogP contribution in [0.5, 0.6) is 0 Å². The zero-order chi connectivity index (χ0) is 8.04. The minimum atomic E-state index is 0.397. The van der Waals surface area contributed by atoms with Gasteiger partial charge in [-0.25, -0.2) is 0 Å². The Kier molecular flexibility index (Phi) is 4.19. The summed E-state index contributed by atoms with van der Waals surface area (Å²) in [6, 6.07) is 0. The van der Waals surface area contributed by atoms with Gasteiger partial charge in [-0.1, -0.05) is 27.2 Å². The Bertz CT molecular complexity index is 114. The van der Waals surface area contributed by atoms with Crippen LogP contribution in [0.1, 0.15) is 39.5 Å². The lowest BCUT2D eigenvalue weighted by Crippen LogP contribution is -2.09. The van der Waals surface area contributed by atoms with Crippen molar-refractivity contribution in [2.75, 3.05) is 0 Å². The van der Waals surface area contributed by atoms with E-state index in [2.05, 4.69) is 26.7 Å². The molecule has 0 heteroatoms. The molecule has 0 saturated carbocycles. The van der Waals surface area contributed by atoms with Gasteiger partial charge in [-0.2, -0.15) is 0 Å². The van der Waals surface area contributed by atoms with Crippen molar-refractivity contribution in [2.24, 2.45) is 5.41 Å². The maximum atomic E-state index is 5.17. The highest BCUT2D eigenvalue weighted by molar-refractivity contribution is 4.86. The van der Waals surface area contributed by atoms with Crippen LogP contribution in [0.4, 0.5) is 0 Å². The molecule has 0 spiro atoms. The molecule has 0 fully saturated rings. The molecule has 0 atom stereocenters. The van der Waals surface area contributed by atoms with Crippen LogP contribution in [-0.4, -0.2) is 0 Å². The first-order valence-corrected chi connectivity index (χ1v) is 3.85. The molecule has 0 nitrogen and oxygen atoms in total. The Morgan fingerprint density at radius 1 is 1.40 bits per heavy atom. The molecule has 0 aromatic carbocycles. The van der Waals surface area contributed by atoms with Gasteiger partial charge in [-0.3, -0.25) is 0 Å². The van der Waals surface area contributed by atoms with Gasteiger partial charge in [0, 0.05) is 6.42 Å². The molecule has 57 valence electrons. The van der Waals surface area contributed by atoms with Crippen LogP contribution < -0.4 is 0 Å². The molecule has 0 aliphatic heterocycles. The third kappa shape index (κ3) is 4.44. The lowest BCUT2D eigenvalue weighted by atomic mass is 9.84. The lowest BCUT2D eigenvalue weighted by molar-refractivity contribution is 0.314. The van der Waals surface area contributed by atoms with Gasteiger partial charge in [0.05, 0.1) is 0 Å². The summed E-state index contributed by atoms with van der Waals surface area (Å²) >= 11 is 0. The second-order valence-corrected chi connectivity index (χ2v) is 3.47. The third-order valence-corrected chi connectivity index (χ3v) is 1.80. The van der Waals surface area contributed by atoms with Crippen molar-refractivity contribution in [1.82, 2.24) is 0 Å². The second kappa shape index (κ2) is 4.39. The van der Waals surface area contributed by atoms with Crippen LogP contribution in [0.25, 0.3) is 0 Å². The predicted octanol–water partition coefficient (Wildman–Crippen LogP) is 3.04. The van der Waals surface area contributed by atoms with Gasteiger partial charge in [-0.05, 0) is 18.3 Å². The van der Waals surface area contributed by atoms with Crippen molar-refractivity contribution in [2.45, 2.75) is 39.5 Å². The highest BCUT2D eigenvalue weighted by Gasteiger charge is 2.14. The van der Waals surface area contributed by atoms with Crippen molar-refractivity contribution in [3.63, 3.8) is 0 Å². The molecule has 0 aliphatic rings. The van der Waals surface area contributed by atoms with Crippen molar-refractivity contribution in [3.8, 4) is 12.3 Å². The van der Waals surface area contributed by atoms with Gasteiger partial charge in [-0.15, -0.1) is 12.3 Å². The maximum Gasteiger partial charge on any atom is 0.00911 e. The van der Waals surface area contributed by atoms with Crippen LogP contribution >= 0.6 is 0 Å². The first-order chi connectivity index (χ1) is 4.62. The Morgan fingerprint density at radius 2 is 2.00 bits per heavy atom. The second-order valence-electron chi connectivity index (χ2n) is 3.47. The molecule has 0 aromatic rings. The average molecular weight is 137 g/mol. The number of terminal acetylenes is 1. The molecule has 0 bridgehead atoms. The highest BCUT2D eigenvalue weighted by Crippen LogP contribution is 2.27. The molecule has 1 radical (unpaired) electrons. The fraction of sp³-hybridized carbons (Fsp3) is 0.700. The molecular weight excluding hydrogens is 120 g/mol. The van der Waals surface area contributed by atoms with Crippen LogP contribution in [0.3, 0.4) is 0 Å². The van der Waals surface area contributed by atoms with Crippen LogP contribution in [-0.2, 0) is 0 Å². The van der Waals surface area contributed by atoms with E-state index in [9.17, 15) is 0 Å². The SMILES string of the molecule is C#CCCC(C)(C)CC[CH2]. The standard InChI is InChI=1S/C10H17/c1-5-7-9-10(3,4)8-6-2/h1H,2,6-9H2,3-4H3. The highest BCUT2D eigenvalue weighted by atomic mass is 14.2. The van der Waals surface area contributed by atoms with E-state index < -0.39 is 0 Å². The van der Waals surface area contributed by atoms with Crippen LogP contribution in [0.15, 0.2) is 0 Å². The van der Waals surface area contributed by atoms with Gasteiger partial charge in [0.25, 0.3) is 0 Å². The predicted molar refractivity (Wildman–Crippen MR) is 46.4 cm³/mol. The molecule has 0 rings (SSSR count). The lowest BCUT2D eigenvalue weighted by Gasteiger charge is -2.22. The summed E-state index contributed by atoms with van der Waals surface area (Å²) in [5.41, 5.74) is 0.397. The van der Waals surface area contributed by atoms with E-state index in [4.69, 9.17) is 6.42 Å². The first kappa shape index (κ1) is 9.56. The molecule has 0 aliphatic carbocycles. The van der Waals surface area contributed by atoms with E-state index >= 15 is 0 Å². The van der Waals surface area contributed by atoms with Crippen LogP contribution in [0, 0.1) is 24.7 Å². The Morgan fingerprint density at radius 3 is 2.40 bits per heavy atom. The molecule has 0 heterocycles. The molecule has 0 aromatic heterocycles. The summed E-state index contributed by atoms with van der Waals surface area (Å²) < 4.78 is 0.